The van der Waals surface area contributed by atoms with Crippen molar-refractivity contribution in [1.82, 2.24) is 0 Å². The first kappa shape index (κ1) is 19.0. The van der Waals surface area contributed by atoms with Gasteiger partial charge in [0, 0.05) is 5.69 Å². The van der Waals surface area contributed by atoms with Crippen molar-refractivity contribution in [1.29, 1.82) is 0 Å². The highest BCUT2D eigenvalue weighted by Gasteiger charge is 2.38. The van der Waals surface area contributed by atoms with Crippen LogP contribution in [0.1, 0.15) is 45.2 Å². The van der Waals surface area contributed by atoms with Gasteiger partial charge in [-0.1, -0.05) is 50.6 Å². The van der Waals surface area contributed by atoms with Crippen LogP contribution in [0.25, 0.3) is 0 Å². The van der Waals surface area contributed by atoms with Gasteiger partial charge in [-0.05, 0) is 55.5 Å². The summed E-state index contributed by atoms with van der Waals surface area (Å²) in [6, 6.07) is 15.7. The lowest BCUT2D eigenvalue weighted by molar-refractivity contribution is -0.122. The highest BCUT2D eigenvalue weighted by Crippen LogP contribution is 2.38. The summed E-state index contributed by atoms with van der Waals surface area (Å²) >= 11 is 0. The first-order valence-electron chi connectivity index (χ1n) is 8.67. The Balaban J connectivity index is 2.33. The fourth-order valence-corrected chi connectivity index (χ4v) is 3.24. The molecule has 0 saturated carbocycles. The van der Waals surface area contributed by atoms with Crippen molar-refractivity contribution in [3.05, 3.63) is 59.7 Å². The summed E-state index contributed by atoms with van der Waals surface area (Å²) in [6.45, 7) is 10.6. The second-order valence-electron chi connectivity index (χ2n) is 8.12. The minimum Gasteiger partial charge on any atom is -0.497 e. The number of benzene rings is 2. The molecular formula is C22H29NO2. The molecule has 134 valence electrons. The van der Waals surface area contributed by atoms with Crippen LogP contribution < -0.4 is 10.1 Å². The fraction of sp³-hybridized carbons (Fsp3) is 0.409. The van der Waals surface area contributed by atoms with Gasteiger partial charge in [-0.3, -0.25) is 4.79 Å². The topological polar surface area (TPSA) is 38.3 Å². The highest BCUT2D eigenvalue weighted by molar-refractivity contribution is 5.99. The molecule has 0 bridgehead atoms. The van der Waals surface area contributed by atoms with E-state index in [1.54, 1.807) is 7.11 Å². The zero-order valence-corrected chi connectivity index (χ0v) is 16.1. The van der Waals surface area contributed by atoms with Gasteiger partial charge in [0.2, 0.25) is 5.91 Å². The van der Waals surface area contributed by atoms with Crippen molar-refractivity contribution in [2.45, 2.75) is 46.5 Å². The third kappa shape index (κ3) is 4.85. The first-order chi connectivity index (χ1) is 11.6. The van der Waals surface area contributed by atoms with Crippen LogP contribution in [0.15, 0.2) is 48.5 Å². The van der Waals surface area contributed by atoms with E-state index in [4.69, 9.17) is 4.74 Å². The average Bonchev–Trinajstić information content (AvgIpc) is 2.54. The number of rotatable bonds is 5. The summed E-state index contributed by atoms with van der Waals surface area (Å²) in [6.07, 6.45) is 0.755. The predicted molar refractivity (Wildman–Crippen MR) is 104 cm³/mol. The number of ether oxygens (including phenoxy) is 1. The number of carbonyl (C=O) groups is 1. The molecule has 0 aromatic heterocycles. The number of carbonyl (C=O) groups excluding carboxylic acids is 1. The minimum absolute atomic E-state index is 0.0106. The van der Waals surface area contributed by atoms with E-state index in [0.717, 1.165) is 23.4 Å². The molecule has 0 unspecified atom stereocenters. The number of amides is 1. The van der Waals surface area contributed by atoms with Crippen molar-refractivity contribution in [2.24, 2.45) is 5.41 Å². The third-order valence-corrected chi connectivity index (χ3v) is 4.42. The fourth-order valence-electron chi connectivity index (χ4n) is 3.24. The van der Waals surface area contributed by atoms with E-state index < -0.39 is 5.41 Å². The van der Waals surface area contributed by atoms with Crippen LogP contribution in [0.2, 0.25) is 0 Å². The second-order valence-corrected chi connectivity index (χ2v) is 8.12. The van der Waals surface area contributed by atoms with E-state index in [9.17, 15) is 4.79 Å². The van der Waals surface area contributed by atoms with Crippen molar-refractivity contribution in [2.75, 3.05) is 12.4 Å². The molecule has 3 nitrogen and oxygen atoms in total. The molecule has 0 saturated heterocycles. The largest absolute Gasteiger partial charge is 0.497 e. The van der Waals surface area contributed by atoms with Gasteiger partial charge < -0.3 is 10.1 Å². The molecule has 0 aliphatic carbocycles. The Kier molecular flexibility index (Phi) is 5.56. The smallest absolute Gasteiger partial charge is 0.234 e. The number of anilines is 1. The Labute approximate surface area is 151 Å². The van der Waals surface area contributed by atoms with E-state index >= 15 is 0 Å². The Bertz CT molecular complexity index is 711. The molecule has 2 aromatic rings. The molecule has 0 spiro atoms. The molecule has 1 amide bonds. The van der Waals surface area contributed by atoms with Gasteiger partial charge in [0.15, 0.2) is 0 Å². The van der Waals surface area contributed by atoms with Crippen LogP contribution in [0.4, 0.5) is 5.69 Å². The molecule has 0 aliphatic heterocycles. The van der Waals surface area contributed by atoms with E-state index in [-0.39, 0.29) is 11.3 Å². The summed E-state index contributed by atoms with van der Waals surface area (Å²) in [4.78, 5) is 13.2. The molecule has 2 rings (SSSR count). The SMILES string of the molecule is COc1ccc(NC(=O)[C@](C)(CC(C)(C)C)c2ccc(C)cc2)cc1. The maximum atomic E-state index is 13.2. The lowest BCUT2D eigenvalue weighted by Gasteiger charge is -2.35. The van der Waals surface area contributed by atoms with Crippen LogP contribution in [-0.2, 0) is 10.2 Å². The summed E-state index contributed by atoms with van der Waals surface area (Å²) in [5.74, 6) is 0.783. The summed E-state index contributed by atoms with van der Waals surface area (Å²) in [7, 11) is 1.63. The van der Waals surface area contributed by atoms with Gasteiger partial charge >= 0.3 is 0 Å². The predicted octanol–water partition coefficient (Wildman–Crippen LogP) is 5.34. The molecule has 0 aliphatic rings. The molecule has 25 heavy (non-hydrogen) atoms. The van der Waals surface area contributed by atoms with Gasteiger partial charge in [0.05, 0.1) is 12.5 Å². The van der Waals surface area contributed by atoms with Gasteiger partial charge in [0.25, 0.3) is 0 Å². The zero-order valence-electron chi connectivity index (χ0n) is 16.1. The van der Waals surface area contributed by atoms with Crippen LogP contribution in [0.3, 0.4) is 0 Å². The highest BCUT2D eigenvalue weighted by atomic mass is 16.5. The molecule has 0 fully saturated rings. The lowest BCUT2D eigenvalue weighted by atomic mass is 9.70. The molecule has 3 heteroatoms. The maximum absolute atomic E-state index is 13.2. The Morgan fingerprint density at radius 3 is 2.00 bits per heavy atom. The van der Waals surface area contributed by atoms with Crippen molar-refractivity contribution in [3.8, 4) is 5.75 Å². The molecule has 0 heterocycles. The van der Waals surface area contributed by atoms with E-state index in [0.29, 0.717) is 0 Å². The van der Waals surface area contributed by atoms with Crippen LogP contribution in [0, 0.1) is 12.3 Å². The Morgan fingerprint density at radius 2 is 1.52 bits per heavy atom. The summed E-state index contributed by atoms with van der Waals surface area (Å²) in [5, 5.41) is 3.08. The number of methoxy groups -OCH3 is 1. The molecule has 0 radical (unpaired) electrons. The normalized spacial score (nSPS) is 13.8. The maximum Gasteiger partial charge on any atom is 0.234 e. The molecule has 2 aromatic carbocycles. The Hall–Kier alpha value is -2.29. The number of hydrogen-bond donors (Lipinski definition) is 1. The van der Waals surface area contributed by atoms with Crippen LogP contribution in [-0.4, -0.2) is 13.0 Å². The summed E-state index contributed by atoms with van der Waals surface area (Å²) in [5.41, 5.74) is 2.43. The van der Waals surface area contributed by atoms with Crippen molar-refractivity contribution in [3.63, 3.8) is 0 Å². The van der Waals surface area contributed by atoms with E-state index in [1.807, 2.05) is 31.2 Å². The number of aryl methyl sites for hydroxylation is 1. The Morgan fingerprint density at radius 1 is 0.960 bits per heavy atom. The monoisotopic (exact) mass is 339 g/mol. The van der Waals surface area contributed by atoms with Crippen LogP contribution in [0.5, 0.6) is 5.75 Å². The second kappa shape index (κ2) is 7.30. The van der Waals surface area contributed by atoms with E-state index in [1.165, 1.54) is 5.56 Å². The first-order valence-corrected chi connectivity index (χ1v) is 8.67. The van der Waals surface area contributed by atoms with E-state index in [2.05, 4.69) is 57.3 Å². The van der Waals surface area contributed by atoms with Gasteiger partial charge in [-0.2, -0.15) is 0 Å². The van der Waals surface area contributed by atoms with Crippen molar-refractivity contribution >= 4 is 11.6 Å². The number of nitrogens with one attached hydrogen (secondary N) is 1. The minimum atomic E-state index is -0.605. The number of hydrogen-bond acceptors (Lipinski definition) is 2. The van der Waals surface area contributed by atoms with Crippen molar-refractivity contribution < 1.29 is 9.53 Å². The lowest BCUT2D eigenvalue weighted by Crippen LogP contribution is -2.40. The van der Waals surface area contributed by atoms with Gasteiger partial charge in [-0.25, -0.2) is 0 Å². The zero-order chi connectivity index (χ0) is 18.7. The van der Waals surface area contributed by atoms with Gasteiger partial charge in [-0.15, -0.1) is 0 Å². The van der Waals surface area contributed by atoms with Gasteiger partial charge in [0.1, 0.15) is 5.75 Å². The third-order valence-electron chi connectivity index (χ3n) is 4.42. The molecule has 1 atom stereocenters. The molecular weight excluding hydrogens is 310 g/mol. The summed E-state index contributed by atoms with van der Waals surface area (Å²) < 4.78 is 5.18. The van der Waals surface area contributed by atoms with Crippen LogP contribution >= 0.6 is 0 Å². The average molecular weight is 339 g/mol. The quantitative estimate of drug-likeness (QED) is 0.799. The standard InChI is InChI=1S/C22H29NO2/c1-16-7-9-17(10-8-16)22(5,15-21(2,3)4)20(24)23-18-11-13-19(25-6)14-12-18/h7-14H,15H2,1-6H3,(H,23,24)/t22-/m1/s1. The molecule has 1 N–H and O–H groups in total.